The van der Waals surface area contributed by atoms with Gasteiger partial charge in [-0.3, -0.25) is 9.69 Å². The molecule has 0 radical (unpaired) electrons. The van der Waals surface area contributed by atoms with Gasteiger partial charge in [0.2, 0.25) is 5.91 Å². The first-order valence-electron chi connectivity index (χ1n) is 7.31. The minimum atomic E-state index is -0.362. The first-order chi connectivity index (χ1) is 9.17. The summed E-state index contributed by atoms with van der Waals surface area (Å²) >= 11 is 0. The molecule has 0 aromatic heterocycles. The van der Waals surface area contributed by atoms with E-state index in [-0.39, 0.29) is 24.1 Å². The Morgan fingerprint density at radius 2 is 2.05 bits per heavy atom. The van der Waals surface area contributed by atoms with Crippen LogP contribution in [-0.2, 0) is 9.53 Å². The van der Waals surface area contributed by atoms with Crippen LogP contribution in [0.5, 0.6) is 0 Å². The smallest absolute Gasteiger partial charge is 0.410 e. The lowest BCUT2D eigenvalue weighted by Gasteiger charge is -2.43. The van der Waals surface area contributed by atoms with E-state index in [2.05, 4.69) is 12.2 Å². The SMILES string of the molecule is CCCC1CCC(N(C(=O)OC)[C@H]2CNC2=O)CC1. The zero-order valence-corrected chi connectivity index (χ0v) is 11.9. The van der Waals surface area contributed by atoms with Crippen molar-refractivity contribution in [2.75, 3.05) is 13.7 Å². The van der Waals surface area contributed by atoms with E-state index in [1.165, 1.54) is 20.0 Å². The molecule has 0 aromatic rings. The molecule has 1 N–H and O–H groups in total. The van der Waals surface area contributed by atoms with E-state index in [0.717, 1.165) is 31.6 Å². The average Bonchev–Trinajstić information content (AvgIpc) is 2.43. The minimum Gasteiger partial charge on any atom is -0.453 e. The molecule has 0 aromatic carbocycles. The molecule has 1 heterocycles. The van der Waals surface area contributed by atoms with Crippen LogP contribution in [0.15, 0.2) is 0 Å². The molecule has 1 saturated carbocycles. The number of carbonyl (C=O) groups is 2. The molecule has 1 saturated heterocycles. The van der Waals surface area contributed by atoms with E-state index >= 15 is 0 Å². The summed E-state index contributed by atoms with van der Waals surface area (Å²) in [6.07, 6.45) is 6.42. The predicted octanol–water partition coefficient (Wildman–Crippen LogP) is 1.91. The highest BCUT2D eigenvalue weighted by Gasteiger charge is 2.41. The third kappa shape index (κ3) is 3.01. The quantitative estimate of drug-likeness (QED) is 0.792. The summed E-state index contributed by atoms with van der Waals surface area (Å²) in [4.78, 5) is 25.1. The van der Waals surface area contributed by atoms with Gasteiger partial charge >= 0.3 is 6.09 Å². The van der Waals surface area contributed by atoms with Crippen molar-refractivity contribution in [1.29, 1.82) is 0 Å². The zero-order valence-electron chi connectivity index (χ0n) is 11.9. The number of nitrogens with one attached hydrogen (secondary N) is 1. The molecule has 1 atom stereocenters. The molecule has 19 heavy (non-hydrogen) atoms. The van der Waals surface area contributed by atoms with Crippen molar-refractivity contribution >= 4 is 12.0 Å². The monoisotopic (exact) mass is 268 g/mol. The standard InChI is InChI=1S/C14H24N2O3/c1-3-4-10-5-7-11(8-6-10)16(14(18)19-2)12-9-15-13(12)17/h10-12H,3-9H2,1-2H3,(H,15,17)/t10?,11?,12-/m0/s1. The van der Waals surface area contributed by atoms with Gasteiger partial charge in [0, 0.05) is 12.6 Å². The van der Waals surface area contributed by atoms with Gasteiger partial charge in [-0.15, -0.1) is 0 Å². The van der Waals surface area contributed by atoms with Crippen molar-refractivity contribution in [1.82, 2.24) is 10.2 Å². The summed E-state index contributed by atoms with van der Waals surface area (Å²) in [6, 6.07) is -0.156. The molecular weight excluding hydrogens is 244 g/mol. The topological polar surface area (TPSA) is 58.6 Å². The molecule has 2 rings (SSSR count). The molecule has 2 aliphatic rings. The van der Waals surface area contributed by atoms with Crippen molar-refractivity contribution < 1.29 is 14.3 Å². The maximum atomic E-state index is 11.9. The van der Waals surface area contributed by atoms with Crippen LogP contribution in [0.3, 0.4) is 0 Å². The summed E-state index contributed by atoms with van der Waals surface area (Å²) in [5, 5.41) is 2.70. The Labute approximate surface area is 114 Å². The first kappa shape index (κ1) is 14.2. The van der Waals surface area contributed by atoms with Gasteiger partial charge < -0.3 is 10.1 Å². The van der Waals surface area contributed by atoms with Crippen molar-refractivity contribution in [3.63, 3.8) is 0 Å². The molecule has 0 bridgehead atoms. The molecule has 2 amide bonds. The van der Waals surface area contributed by atoms with Gasteiger partial charge in [0.15, 0.2) is 0 Å². The second-order valence-corrected chi connectivity index (χ2v) is 5.60. The number of hydrogen-bond acceptors (Lipinski definition) is 3. The molecule has 0 spiro atoms. The van der Waals surface area contributed by atoms with E-state index in [1.54, 1.807) is 4.90 Å². The van der Waals surface area contributed by atoms with E-state index in [4.69, 9.17) is 4.74 Å². The lowest BCUT2D eigenvalue weighted by molar-refractivity contribution is -0.133. The van der Waals surface area contributed by atoms with Crippen molar-refractivity contribution in [2.45, 2.75) is 57.5 Å². The van der Waals surface area contributed by atoms with Crippen LogP contribution in [0, 0.1) is 5.92 Å². The highest BCUT2D eigenvalue weighted by atomic mass is 16.5. The van der Waals surface area contributed by atoms with E-state index in [1.807, 2.05) is 0 Å². The van der Waals surface area contributed by atoms with Crippen LogP contribution in [0.4, 0.5) is 4.79 Å². The Hall–Kier alpha value is -1.26. The fraction of sp³-hybridized carbons (Fsp3) is 0.857. The lowest BCUT2D eigenvalue weighted by Crippen LogP contribution is -2.65. The molecule has 1 aliphatic heterocycles. The number of nitrogens with zero attached hydrogens (tertiary/aromatic N) is 1. The number of amides is 2. The largest absolute Gasteiger partial charge is 0.453 e. The van der Waals surface area contributed by atoms with Crippen LogP contribution in [-0.4, -0.2) is 42.6 Å². The van der Waals surface area contributed by atoms with Gasteiger partial charge in [-0.2, -0.15) is 0 Å². The molecule has 108 valence electrons. The van der Waals surface area contributed by atoms with Crippen molar-refractivity contribution in [3.8, 4) is 0 Å². The molecule has 0 unspecified atom stereocenters. The summed E-state index contributed by atoms with van der Waals surface area (Å²) in [7, 11) is 1.38. The maximum Gasteiger partial charge on any atom is 0.410 e. The summed E-state index contributed by atoms with van der Waals surface area (Å²) in [6.45, 7) is 2.77. The van der Waals surface area contributed by atoms with Gasteiger partial charge in [0.25, 0.3) is 0 Å². The maximum absolute atomic E-state index is 11.9. The second kappa shape index (κ2) is 6.26. The highest BCUT2D eigenvalue weighted by molar-refractivity contribution is 5.91. The predicted molar refractivity (Wildman–Crippen MR) is 71.7 cm³/mol. The summed E-state index contributed by atoms with van der Waals surface area (Å²) in [5.74, 6) is 0.733. The first-order valence-corrected chi connectivity index (χ1v) is 7.31. The number of β-lactam (4-membered cyclic amide) rings is 1. The van der Waals surface area contributed by atoms with Crippen molar-refractivity contribution in [2.24, 2.45) is 5.92 Å². The second-order valence-electron chi connectivity index (χ2n) is 5.60. The molecular formula is C14H24N2O3. The van der Waals surface area contributed by atoms with E-state index in [0.29, 0.717) is 6.54 Å². The van der Waals surface area contributed by atoms with Crippen molar-refractivity contribution in [3.05, 3.63) is 0 Å². The number of carbonyl (C=O) groups excluding carboxylic acids is 2. The molecule has 2 fully saturated rings. The zero-order chi connectivity index (χ0) is 13.8. The fourth-order valence-corrected chi connectivity index (χ4v) is 3.26. The average molecular weight is 268 g/mol. The third-order valence-corrected chi connectivity index (χ3v) is 4.40. The summed E-state index contributed by atoms with van der Waals surface area (Å²) < 4.78 is 4.85. The van der Waals surface area contributed by atoms with Gasteiger partial charge in [-0.05, 0) is 31.6 Å². The number of hydrogen-bond donors (Lipinski definition) is 1. The summed E-state index contributed by atoms with van der Waals surface area (Å²) in [5.41, 5.74) is 0. The Balaban J connectivity index is 1.96. The van der Waals surface area contributed by atoms with E-state index < -0.39 is 0 Å². The Morgan fingerprint density at radius 1 is 1.37 bits per heavy atom. The highest BCUT2D eigenvalue weighted by Crippen LogP contribution is 2.32. The van der Waals surface area contributed by atoms with Crippen LogP contribution < -0.4 is 5.32 Å². The van der Waals surface area contributed by atoms with Crippen LogP contribution >= 0.6 is 0 Å². The van der Waals surface area contributed by atoms with Crippen LogP contribution in [0.25, 0.3) is 0 Å². The van der Waals surface area contributed by atoms with Gasteiger partial charge in [0.05, 0.1) is 7.11 Å². The Morgan fingerprint density at radius 3 is 2.47 bits per heavy atom. The normalized spacial score (nSPS) is 30.2. The van der Waals surface area contributed by atoms with Crippen LogP contribution in [0.2, 0.25) is 0 Å². The lowest BCUT2D eigenvalue weighted by atomic mass is 9.82. The van der Waals surface area contributed by atoms with Crippen LogP contribution in [0.1, 0.15) is 45.4 Å². The molecule has 5 nitrogen and oxygen atoms in total. The Kier molecular flexibility index (Phi) is 4.66. The van der Waals surface area contributed by atoms with Gasteiger partial charge in [0.1, 0.15) is 6.04 Å². The Bertz CT molecular complexity index is 338. The van der Waals surface area contributed by atoms with Gasteiger partial charge in [-0.25, -0.2) is 4.79 Å². The third-order valence-electron chi connectivity index (χ3n) is 4.40. The fourth-order valence-electron chi connectivity index (χ4n) is 3.26. The minimum absolute atomic E-state index is 0.0546. The molecule has 1 aliphatic carbocycles. The molecule has 5 heteroatoms. The number of ether oxygens (including phenoxy) is 1. The van der Waals surface area contributed by atoms with E-state index in [9.17, 15) is 9.59 Å². The number of methoxy groups -OCH3 is 1. The number of rotatable bonds is 4. The van der Waals surface area contributed by atoms with Gasteiger partial charge in [-0.1, -0.05) is 19.8 Å².